The SMILES string of the molecule is CC1C(C)C2SC3=C(CC(C)(C)C3)C2C1C.[CH3-].[Cl][Ti+]([Cl])[Cl]. The molecule has 1 fully saturated rings. The van der Waals surface area contributed by atoms with E-state index >= 15 is 0 Å². The first-order valence-corrected chi connectivity index (χ1v) is 14.7. The van der Waals surface area contributed by atoms with Gasteiger partial charge in [-0.1, -0.05) is 40.2 Å². The van der Waals surface area contributed by atoms with E-state index < -0.39 is 14.7 Å². The van der Waals surface area contributed by atoms with Gasteiger partial charge < -0.3 is 7.43 Å². The van der Waals surface area contributed by atoms with Gasteiger partial charge in [-0.2, -0.15) is 0 Å². The maximum atomic E-state index is 4.97. The van der Waals surface area contributed by atoms with Gasteiger partial charge in [-0.3, -0.25) is 0 Å². The fraction of sp³-hybridized carbons (Fsp3) is 0.812. The Balaban J connectivity index is 0.000000397. The molecule has 0 spiro atoms. The van der Waals surface area contributed by atoms with Crippen molar-refractivity contribution in [3.63, 3.8) is 0 Å². The summed E-state index contributed by atoms with van der Waals surface area (Å²) in [6, 6.07) is 0. The number of rotatable bonds is 0. The van der Waals surface area contributed by atoms with Crippen molar-refractivity contribution in [1.82, 2.24) is 0 Å². The molecule has 0 nitrogen and oxygen atoms in total. The van der Waals surface area contributed by atoms with Gasteiger partial charge in [0.25, 0.3) is 0 Å². The van der Waals surface area contributed by atoms with Gasteiger partial charge in [0.05, 0.1) is 0 Å². The van der Waals surface area contributed by atoms with E-state index in [1.807, 2.05) is 5.57 Å². The molecule has 0 N–H and O–H groups in total. The normalized spacial score (nSPS) is 39.1. The summed E-state index contributed by atoms with van der Waals surface area (Å²) in [5, 5.41) is 0.922. The quantitative estimate of drug-likeness (QED) is 0.302. The molecule has 0 radical (unpaired) electrons. The molecule has 5 unspecified atom stereocenters. The van der Waals surface area contributed by atoms with E-state index in [1.54, 1.807) is 4.91 Å². The predicted octanol–water partition coefficient (Wildman–Crippen LogP) is 7.23. The fourth-order valence-corrected chi connectivity index (χ4v) is 6.42. The monoisotopic (exact) mass is 404 g/mol. The van der Waals surface area contributed by atoms with Gasteiger partial charge in [-0.25, -0.2) is 0 Å². The molecule has 0 aromatic rings. The summed E-state index contributed by atoms with van der Waals surface area (Å²) in [5.74, 6) is 3.67. The topological polar surface area (TPSA) is 0 Å². The summed E-state index contributed by atoms with van der Waals surface area (Å²) >= 11 is 0.333. The predicted molar refractivity (Wildman–Crippen MR) is 96.4 cm³/mol. The van der Waals surface area contributed by atoms with Crippen molar-refractivity contribution in [3.8, 4) is 0 Å². The third-order valence-electron chi connectivity index (χ3n) is 5.44. The van der Waals surface area contributed by atoms with Crippen molar-refractivity contribution in [2.45, 2.75) is 52.7 Å². The minimum atomic E-state index is -1.92. The van der Waals surface area contributed by atoms with Gasteiger partial charge in [0.2, 0.25) is 0 Å². The standard InChI is InChI=1S/C15H24S.CH3.3ClH.Ti/c1-8-9(2)13-11-6-15(4,5)7-12(11)16-14(13)10(8)3;;;;;/h8-10,13-14H,6-7H2,1-5H3;1H3;3*1H;/q;-1;;;;+4/p-3. The second-order valence-corrected chi connectivity index (χ2v) is 16.4. The van der Waals surface area contributed by atoms with Crippen molar-refractivity contribution in [3.05, 3.63) is 17.9 Å². The zero-order valence-corrected chi connectivity index (χ0v) is 18.5. The van der Waals surface area contributed by atoms with E-state index in [1.165, 1.54) is 12.8 Å². The average molecular weight is 406 g/mol. The Morgan fingerprint density at radius 1 is 1.00 bits per heavy atom. The summed E-state index contributed by atoms with van der Waals surface area (Å²) in [6.07, 6.45) is 2.73. The van der Waals surface area contributed by atoms with Gasteiger partial charge in [0.1, 0.15) is 0 Å². The van der Waals surface area contributed by atoms with E-state index in [9.17, 15) is 0 Å². The zero-order valence-electron chi connectivity index (χ0n) is 13.8. The van der Waals surface area contributed by atoms with Crippen LogP contribution in [0.15, 0.2) is 10.5 Å². The van der Waals surface area contributed by atoms with Crippen LogP contribution in [-0.2, 0) is 14.7 Å². The van der Waals surface area contributed by atoms with Crippen LogP contribution in [0.25, 0.3) is 0 Å². The second-order valence-electron chi connectivity index (χ2n) is 7.37. The Morgan fingerprint density at radius 3 is 2.05 bits per heavy atom. The number of hydrogen-bond donors (Lipinski definition) is 0. The molecule has 21 heavy (non-hydrogen) atoms. The van der Waals surface area contributed by atoms with Crippen molar-refractivity contribution in [2.24, 2.45) is 29.1 Å². The van der Waals surface area contributed by atoms with Gasteiger partial charge in [0.15, 0.2) is 0 Å². The summed E-state index contributed by atoms with van der Waals surface area (Å²) in [6.45, 7) is 12.3. The molecule has 0 amide bonds. The molecule has 1 heterocycles. The van der Waals surface area contributed by atoms with Crippen LogP contribution in [0.3, 0.4) is 0 Å². The molecule has 0 saturated heterocycles. The molecule has 1 saturated carbocycles. The molecular formula is C16H27Cl3STi. The number of allylic oxidation sites excluding steroid dienone is 2. The van der Waals surface area contributed by atoms with Crippen LogP contribution in [0.5, 0.6) is 0 Å². The van der Waals surface area contributed by atoms with Crippen LogP contribution in [-0.4, -0.2) is 5.25 Å². The van der Waals surface area contributed by atoms with E-state index in [-0.39, 0.29) is 7.43 Å². The molecule has 5 heteroatoms. The Morgan fingerprint density at radius 2 is 1.52 bits per heavy atom. The molecule has 5 atom stereocenters. The zero-order chi connectivity index (χ0) is 15.2. The molecule has 0 bridgehead atoms. The summed E-state index contributed by atoms with van der Waals surface area (Å²) in [4.78, 5) is 1.78. The molecule has 3 rings (SSSR count). The van der Waals surface area contributed by atoms with E-state index in [4.69, 9.17) is 27.9 Å². The van der Waals surface area contributed by atoms with Gasteiger partial charge in [0, 0.05) is 5.25 Å². The molecular weight excluding hydrogens is 378 g/mol. The minimum absolute atomic E-state index is 0. The van der Waals surface area contributed by atoms with E-state index in [0.717, 1.165) is 28.9 Å². The van der Waals surface area contributed by atoms with E-state index in [2.05, 4.69) is 46.4 Å². The second kappa shape index (κ2) is 7.71. The Hall–Kier alpha value is 1.67. The molecule has 2 aliphatic carbocycles. The molecule has 0 aromatic carbocycles. The number of fused-ring (bicyclic) bond motifs is 2. The number of halogens is 3. The Bertz CT molecular complexity index is 406. The summed E-state index contributed by atoms with van der Waals surface area (Å²) in [5.41, 5.74) is 2.42. The third kappa shape index (κ3) is 4.40. The van der Waals surface area contributed by atoms with Gasteiger partial charge in [-0.05, 0) is 46.8 Å². The fourth-order valence-electron chi connectivity index (χ4n) is 4.24. The molecule has 3 aliphatic rings. The Kier molecular flexibility index (Phi) is 7.60. The third-order valence-corrected chi connectivity index (χ3v) is 7.13. The van der Waals surface area contributed by atoms with Crippen LogP contribution >= 0.6 is 39.7 Å². The van der Waals surface area contributed by atoms with Crippen LogP contribution in [0, 0.1) is 36.5 Å². The first-order valence-electron chi connectivity index (χ1n) is 7.36. The van der Waals surface area contributed by atoms with E-state index in [0.29, 0.717) is 5.41 Å². The van der Waals surface area contributed by atoms with Crippen LogP contribution in [0.1, 0.15) is 47.5 Å². The summed E-state index contributed by atoms with van der Waals surface area (Å²) in [7, 11) is 14.9. The average Bonchev–Trinajstić information content (AvgIpc) is 2.82. The number of thioether (sulfide) groups is 1. The van der Waals surface area contributed by atoms with Crippen LogP contribution < -0.4 is 0 Å². The van der Waals surface area contributed by atoms with Gasteiger partial charge >= 0.3 is 42.6 Å². The molecule has 122 valence electrons. The van der Waals surface area contributed by atoms with Crippen molar-refractivity contribution in [2.75, 3.05) is 0 Å². The summed E-state index contributed by atoms with van der Waals surface area (Å²) < 4.78 is 0. The molecule has 1 aliphatic heterocycles. The van der Waals surface area contributed by atoms with Crippen LogP contribution in [0.4, 0.5) is 0 Å². The van der Waals surface area contributed by atoms with Gasteiger partial charge in [-0.15, -0.1) is 11.8 Å². The van der Waals surface area contributed by atoms with Crippen molar-refractivity contribution >= 4 is 39.7 Å². The first-order chi connectivity index (χ1) is 9.14. The molecule has 0 aromatic heterocycles. The number of hydrogen-bond acceptors (Lipinski definition) is 1. The maximum absolute atomic E-state index is 4.97. The Labute approximate surface area is 153 Å². The van der Waals surface area contributed by atoms with Crippen molar-refractivity contribution < 1.29 is 14.7 Å². The van der Waals surface area contributed by atoms with Crippen LogP contribution in [0.2, 0.25) is 0 Å². The van der Waals surface area contributed by atoms with Crippen molar-refractivity contribution in [1.29, 1.82) is 0 Å². The first kappa shape index (κ1) is 20.7.